The van der Waals surface area contributed by atoms with Gasteiger partial charge in [0.25, 0.3) is 5.91 Å². The monoisotopic (exact) mass is 397 g/mol. The van der Waals surface area contributed by atoms with E-state index in [-0.39, 0.29) is 17.9 Å². The largest absolute Gasteiger partial charge is 0.355 e. The summed E-state index contributed by atoms with van der Waals surface area (Å²) in [6.45, 7) is 7.70. The van der Waals surface area contributed by atoms with Crippen LogP contribution in [0.2, 0.25) is 0 Å². The zero-order chi connectivity index (χ0) is 20.4. The van der Waals surface area contributed by atoms with Crippen LogP contribution in [0.5, 0.6) is 0 Å². The molecule has 1 unspecified atom stereocenters. The number of carbonyl (C=O) groups is 2. The molecule has 2 aromatic rings. The van der Waals surface area contributed by atoms with E-state index in [1.54, 1.807) is 0 Å². The van der Waals surface area contributed by atoms with Gasteiger partial charge in [0.2, 0.25) is 5.91 Å². The molecule has 4 heterocycles. The zero-order valence-electron chi connectivity index (χ0n) is 17.5. The van der Waals surface area contributed by atoms with Crippen molar-refractivity contribution in [3.63, 3.8) is 0 Å². The smallest absolute Gasteiger partial charge is 0.274 e. The number of carbonyl (C=O) groups excluding carboxylic acids is 2. The van der Waals surface area contributed by atoms with Crippen LogP contribution in [-0.4, -0.2) is 63.2 Å². The number of fused-ring (bicyclic) bond motifs is 1. The lowest BCUT2D eigenvalue weighted by atomic mass is 10.2. The number of aromatic nitrogens is 2. The minimum Gasteiger partial charge on any atom is -0.355 e. The van der Waals surface area contributed by atoms with E-state index < -0.39 is 0 Å². The van der Waals surface area contributed by atoms with Crippen molar-refractivity contribution in [1.29, 1.82) is 0 Å². The van der Waals surface area contributed by atoms with Crippen LogP contribution in [0.1, 0.15) is 60.8 Å². The van der Waals surface area contributed by atoms with Crippen LogP contribution in [0.3, 0.4) is 0 Å². The van der Waals surface area contributed by atoms with Crippen molar-refractivity contribution in [3.05, 3.63) is 35.3 Å². The predicted molar refractivity (Wildman–Crippen MR) is 112 cm³/mol. The molecule has 29 heavy (non-hydrogen) atoms. The average molecular weight is 398 g/mol. The van der Waals surface area contributed by atoms with Crippen molar-refractivity contribution in [3.8, 4) is 0 Å². The fraction of sp³-hybridized carbons (Fsp3) is 0.591. The number of pyridine rings is 1. The van der Waals surface area contributed by atoms with Gasteiger partial charge in [0.1, 0.15) is 5.65 Å². The van der Waals surface area contributed by atoms with Crippen molar-refractivity contribution >= 4 is 17.5 Å². The van der Waals surface area contributed by atoms with Gasteiger partial charge in [-0.15, -0.1) is 0 Å². The van der Waals surface area contributed by atoms with Crippen LogP contribution in [0, 0.1) is 6.92 Å². The van der Waals surface area contributed by atoms with E-state index in [2.05, 4.69) is 23.2 Å². The molecule has 2 aliphatic heterocycles. The number of imidazole rings is 1. The third-order valence-corrected chi connectivity index (χ3v) is 6.17. The van der Waals surface area contributed by atoms with Gasteiger partial charge in [0.15, 0.2) is 5.69 Å². The molecule has 0 bridgehead atoms. The molecule has 2 fully saturated rings. The third kappa shape index (κ3) is 4.29. The molecule has 2 aromatic heterocycles. The maximum absolute atomic E-state index is 13.4. The maximum Gasteiger partial charge on any atom is 0.274 e. The molecule has 156 valence electrons. The molecule has 0 saturated carbocycles. The Labute approximate surface area is 172 Å². The number of hydrogen-bond donors (Lipinski definition) is 1. The van der Waals surface area contributed by atoms with Gasteiger partial charge < -0.3 is 14.6 Å². The standard InChI is InChI=1S/C22H31N5O2/c1-16-7-12-27-18(15-26-11-8-20(28)23-14-17(26)2)21(24-19(27)13-16)22(29)25-9-5-3-4-6-10-25/h7,12-13,17H,3-6,8-11,14-15H2,1-2H3,(H,23,28). The first-order valence-corrected chi connectivity index (χ1v) is 10.8. The molecule has 0 aromatic carbocycles. The summed E-state index contributed by atoms with van der Waals surface area (Å²) < 4.78 is 2.05. The number of aryl methyl sites for hydroxylation is 1. The second-order valence-electron chi connectivity index (χ2n) is 8.42. The molecule has 1 N–H and O–H groups in total. The molecule has 2 amide bonds. The van der Waals surface area contributed by atoms with Gasteiger partial charge in [-0.3, -0.25) is 14.5 Å². The molecular weight excluding hydrogens is 366 g/mol. The minimum atomic E-state index is 0.0416. The molecular formula is C22H31N5O2. The van der Waals surface area contributed by atoms with Gasteiger partial charge in [-0.25, -0.2) is 4.98 Å². The molecule has 0 aliphatic carbocycles. The van der Waals surface area contributed by atoms with Crippen LogP contribution in [0.15, 0.2) is 18.3 Å². The summed E-state index contributed by atoms with van der Waals surface area (Å²) >= 11 is 0. The highest BCUT2D eigenvalue weighted by molar-refractivity contribution is 5.94. The predicted octanol–water partition coefficient (Wildman–Crippen LogP) is 2.37. The Kier molecular flexibility index (Phi) is 5.85. The molecule has 2 aliphatic rings. The molecule has 7 heteroatoms. The first-order valence-electron chi connectivity index (χ1n) is 10.8. The number of likely N-dealkylation sites (tertiary alicyclic amines) is 1. The van der Waals surface area contributed by atoms with Crippen molar-refractivity contribution in [2.45, 2.75) is 58.5 Å². The quantitative estimate of drug-likeness (QED) is 0.863. The van der Waals surface area contributed by atoms with E-state index in [9.17, 15) is 9.59 Å². The van der Waals surface area contributed by atoms with Gasteiger partial charge in [0, 0.05) is 51.4 Å². The van der Waals surface area contributed by atoms with E-state index in [1.165, 1.54) is 12.8 Å². The first-order chi connectivity index (χ1) is 14.0. The van der Waals surface area contributed by atoms with Crippen molar-refractivity contribution in [1.82, 2.24) is 24.5 Å². The number of hydrogen-bond acceptors (Lipinski definition) is 4. The Hall–Kier alpha value is -2.41. The van der Waals surface area contributed by atoms with Crippen molar-refractivity contribution in [2.24, 2.45) is 0 Å². The molecule has 2 saturated heterocycles. The second-order valence-corrected chi connectivity index (χ2v) is 8.42. The summed E-state index contributed by atoms with van der Waals surface area (Å²) in [5.74, 6) is 0.133. The van der Waals surface area contributed by atoms with Crippen molar-refractivity contribution in [2.75, 3.05) is 26.2 Å². The zero-order valence-corrected chi connectivity index (χ0v) is 17.5. The maximum atomic E-state index is 13.4. The van der Waals surface area contributed by atoms with Crippen LogP contribution in [0.4, 0.5) is 0 Å². The van der Waals surface area contributed by atoms with E-state index in [1.807, 2.05) is 28.5 Å². The fourth-order valence-electron chi connectivity index (χ4n) is 4.32. The summed E-state index contributed by atoms with van der Waals surface area (Å²) in [6.07, 6.45) is 6.99. The number of rotatable bonds is 3. The van der Waals surface area contributed by atoms with Gasteiger partial charge >= 0.3 is 0 Å². The molecule has 1 atom stereocenters. The molecule has 4 rings (SSSR count). The van der Waals surface area contributed by atoms with Gasteiger partial charge in [0.05, 0.1) is 5.69 Å². The van der Waals surface area contributed by atoms with E-state index >= 15 is 0 Å². The van der Waals surface area contributed by atoms with Crippen LogP contribution in [0.25, 0.3) is 5.65 Å². The van der Waals surface area contributed by atoms with E-state index in [0.717, 1.165) is 42.8 Å². The number of nitrogens with one attached hydrogen (secondary N) is 1. The Morgan fingerprint density at radius 2 is 1.97 bits per heavy atom. The summed E-state index contributed by atoms with van der Waals surface area (Å²) in [5, 5.41) is 2.97. The lowest BCUT2D eigenvalue weighted by molar-refractivity contribution is -0.120. The SMILES string of the molecule is Cc1ccn2c(CN3CCC(=O)NCC3C)c(C(=O)N3CCCCCC3)nc2c1. The molecule has 0 radical (unpaired) electrons. The second kappa shape index (κ2) is 8.53. The number of nitrogens with zero attached hydrogens (tertiary/aromatic N) is 4. The first kappa shape index (κ1) is 19.9. The Morgan fingerprint density at radius 1 is 1.21 bits per heavy atom. The molecule has 0 spiro atoms. The van der Waals surface area contributed by atoms with Crippen LogP contribution >= 0.6 is 0 Å². The van der Waals surface area contributed by atoms with Crippen LogP contribution < -0.4 is 5.32 Å². The highest BCUT2D eigenvalue weighted by Gasteiger charge is 2.28. The Balaban J connectivity index is 1.69. The van der Waals surface area contributed by atoms with E-state index in [0.29, 0.717) is 31.7 Å². The summed E-state index contributed by atoms with van der Waals surface area (Å²) in [4.78, 5) is 34.3. The number of amides is 2. The Bertz CT molecular complexity index is 898. The normalized spacial score (nSPS) is 21.7. The van der Waals surface area contributed by atoms with E-state index in [4.69, 9.17) is 4.98 Å². The fourth-order valence-corrected chi connectivity index (χ4v) is 4.32. The van der Waals surface area contributed by atoms with Gasteiger partial charge in [-0.2, -0.15) is 0 Å². The van der Waals surface area contributed by atoms with Gasteiger partial charge in [-0.05, 0) is 44.4 Å². The highest BCUT2D eigenvalue weighted by Crippen LogP contribution is 2.21. The summed E-state index contributed by atoms with van der Waals surface area (Å²) in [5.41, 5.74) is 3.43. The van der Waals surface area contributed by atoms with Crippen molar-refractivity contribution < 1.29 is 9.59 Å². The third-order valence-electron chi connectivity index (χ3n) is 6.17. The summed E-state index contributed by atoms with van der Waals surface area (Å²) in [6, 6.07) is 4.29. The lowest BCUT2D eigenvalue weighted by Gasteiger charge is -2.27. The average Bonchev–Trinajstić information content (AvgIpc) is 2.86. The minimum absolute atomic E-state index is 0.0416. The molecule has 7 nitrogen and oxygen atoms in total. The highest BCUT2D eigenvalue weighted by atomic mass is 16.2. The Morgan fingerprint density at radius 3 is 2.72 bits per heavy atom. The summed E-state index contributed by atoms with van der Waals surface area (Å²) in [7, 11) is 0. The van der Waals surface area contributed by atoms with Gasteiger partial charge in [-0.1, -0.05) is 12.8 Å². The van der Waals surface area contributed by atoms with Crippen LogP contribution in [-0.2, 0) is 11.3 Å². The lowest BCUT2D eigenvalue weighted by Crippen LogP contribution is -2.38. The topological polar surface area (TPSA) is 70.0 Å².